The van der Waals surface area contributed by atoms with Crippen LogP contribution in [0.3, 0.4) is 0 Å². The van der Waals surface area contributed by atoms with Gasteiger partial charge in [0, 0.05) is 6.07 Å². The molecule has 0 heterocycles. The van der Waals surface area contributed by atoms with Crippen LogP contribution < -0.4 is 4.74 Å². The van der Waals surface area contributed by atoms with Gasteiger partial charge in [0.1, 0.15) is 23.7 Å². The summed E-state index contributed by atoms with van der Waals surface area (Å²) in [5, 5.41) is 9.15. The summed E-state index contributed by atoms with van der Waals surface area (Å²) in [7, 11) is 0. The molecule has 0 spiro atoms. The van der Waals surface area contributed by atoms with Crippen molar-refractivity contribution in [1.82, 2.24) is 0 Å². The highest BCUT2D eigenvalue weighted by Gasteiger charge is 2.18. The van der Waals surface area contributed by atoms with E-state index in [4.69, 9.17) is 9.84 Å². The van der Waals surface area contributed by atoms with Gasteiger partial charge in [-0.2, -0.15) is 0 Å². The van der Waals surface area contributed by atoms with Gasteiger partial charge in [-0.05, 0) is 18.6 Å². The van der Waals surface area contributed by atoms with Gasteiger partial charge >= 0.3 is 5.97 Å². The Balaban J connectivity index is 2.32. The Labute approximate surface area is 120 Å². The molecule has 2 rings (SSSR count). The number of carboxylic acids is 1. The molecule has 0 aliphatic carbocycles. The molecule has 0 saturated heterocycles. The Morgan fingerprint density at radius 1 is 1.14 bits per heavy atom. The molecule has 0 aliphatic rings. The van der Waals surface area contributed by atoms with Crippen LogP contribution in [0, 0.1) is 5.82 Å². The van der Waals surface area contributed by atoms with E-state index in [2.05, 4.69) is 0 Å². The molecule has 4 nitrogen and oxygen atoms in total. The predicted octanol–water partition coefficient (Wildman–Crippen LogP) is 3.31. The second kappa shape index (κ2) is 6.17. The fourth-order valence-corrected chi connectivity index (χ4v) is 1.85. The van der Waals surface area contributed by atoms with E-state index in [0.717, 1.165) is 17.7 Å². The minimum Gasteiger partial charge on any atom is -0.488 e. The number of carboxylic acid groups (broad SMARTS) is 1. The number of halogens is 1. The van der Waals surface area contributed by atoms with Gasteiger partial charge in [-0.15, -0.1) is 0 Å². The third kappa shape index (κ3) is 3.45. The monoisotopic (exact) mass is 288 g/mol. The molecule has 0 atom stereocenters. The number of hydrogen-bond acceptors (Lipinski definition) is 3. The summed E-state index contributed by atoms with van der Waals surface area (Å²) in [6.07, 6.45) is 0. The largest absolute Gasteiger partial charge is 0.488 e. The summed E-state index contributed by atoms with van der Waals surface area (Å²) >= 11 is 0. The number of rotatable bonds is 5. The Kier molecular flexibility index (Phi) is 4.33. The number of benzene rings is 2. The highest BCUT2D eigenvalue weighted by atomic mass is 19.1. The molecule has 0 fully saturated rings. The normalized spacial score (nSPS) is 10.2. The van der Waals surface area contributed by atoms with E-state index in [1.165, 1.54) is 6.92 Å². The van der Waals surface area contributed by atoms with Crippen molar-refractivity contribution < 1.29 is 23.8 Å². The molecule has 0 radical (unpaired) electrons. The smallest absolute Gasteiger partial charge is 0.339 e. The summed E-state index contributed by atoms with van der Waals surface area (Å²) in [6.45, 7) is 1.29. The number of Topliss-reactive ketones (excluding diaryl/α,β-unsaturated/α-hetero) is 1. The number of hydrogen-bond donors (Lipinski definition) is 1. The molecule has 0 aromatic heterocycles. The average molecular weight is 288 g/mol. The fourth-order valence-electron chi connectivity index (χ4n) is 1.85. The van der Waals surface area contributed by atoms with Crippen LogP contribution in [-0.2, 0) is 6.61 Å². The lowest BCUT2D eigenvalue weighted by molar-refractivity contribution is 0.0691. The van der Waals surface area contributed by atoms with Gasteiger partial charge in [0.15, 0.2) is 5.78 Å². The van der Waals surface area contributed by atoms with Gasteiger partial charge in [-0.3, -0.25) is 4.79 Å². The number of carbonyl (C=O) groups excluding carboxylic acids is 1. The highest BCUT2D eigenvalue weighted by molar-refractivity contribution is 5.99. The van der Waals surface area contributed by atoms with Gasteiger partial charge in [0.2, 0.25) is 0 Å². The van der Waals surface area contributed by atoms with Crippen molar-refractivity contribution in [2.45, 2.75) is 13.5 Å². The lowest BCUT2D eigenvalue weighted by atomic mass is 10.1. The van der Waals surface area contributed by atoms with Crippen LogP contribution in [0.1, 0.15) is 33.2 Å². The summed E-state index contributed by atoms with van der Waals surface area (Å²) in [5.41, 5.74) is 0.321. The minimum absolute atomic E-state index is 0.103. The van der Waals surface area contributed by atoms with Crippen molar-refractivity contribution in [1.29, 1.82) is 0 Å². The molecule has 5 heteroatoms. The molecule has 2 aromatic carbocycles. The van der Waals surface area contributed by atoms with E-state index in [9.17, 15) is 14.0 Å². The fraction of sp³-hybridized carbons (Fsp3) is 0.125. The molecule has 2 aromatic rings. The lowest BCUT2D eigenvalue weighted by Gasteiger charge is -2.11. The number of ketones is 1. The first-order chi connectivity index (χ1) is 9.99. The van der Waals surface area contributed by atoms with Crippen LogP contribution >= 0.6 is 0 Å². The summed E-state index contributed by atoms with van der Waals surface area (Å²) < 4.78 is 19.1. The summed E-state index contributed by atoms with van der Waals surface area (Å²) in [6, 6.07) is 11.0. The first kappa shape index (κ1) is 14.7. The van der Waals surface area contributed by atoms with Crippen LogP contribution in [0.5, 0.6) is 5.75 Å². The molecular weight excluding hydrogens is 275 g/mol. The maximum atomic E-state index is 13.8. The minimum atomic E-state index is -1.28. The second-order valence-corrected chi connectivity index (χ2v) is 4.46. The SMILES string of the molecule is CC(=O)c1cc(C(=O)O)c(OCc2ccccc2)cc1F. The quantitative estimate of drug-likeness (QED) is 0.857. The third-order valence-electron chi connectivity index (χ3n) is 2.92. The predicted molar refractivity (Wildman–Crippen MR) is 74.1 cm³/mol. The molecule has 0 bridgehead atoms. The van der Waals surface area contributed by atoms with Gasteiger partial charge in [0.25, 0.3) is 0 Å². The zero-order chi connectivity index (χ0) is 15.4. The van der Waals surface area contributed by atoms with Crippen molar-refractivity contribution in [2.75, 3.05) is 0 Å². The molecule has 21 heavy (non-hydrogen) atoms. The van der Waals surface area contributed by atoms with E-state index in [-0.39, 0.29) is 23.5 Å². The van der Waals surface area contributed by atoms with Crippen LogP contribution in [0.25, 0.3) is 0 Å². The van der Waals surface area contributed by atoms with Crippen LogP contribution in [0.2, 0.25) is 0 Å². The maximum absolute atomic E-state index is 13.8. The number of ether oxygens (including phenoxy) is 1. The van der Waals surface area contributed by atoms with Crippen LogP contribution in [-0.4, -0.2) is 16.9 Å². The Bertz CT molecular complexity index is 680. The summed E-state index contributed by atoms with van der Waals surface area (Å²) in [4.78, 5) is 22.5. The third-order valence-corrected chi connectivity index (χ3v) is 2.92. The molecule has 1 N–H and O–H groups in total. The Hall–Kier alpha value is -2.69. The first-order valence-electron chi connectivity index (χ1n) is 6.23. The van der Waals surface area contributed by atoms with E-state index in [1.54, 1.807) is 12.1 Å². The van der Waals surface area contributed by atoms with E-state index in [1.807, 2.05) is 18.2 Å². The zero-order valence-electron chi connectivity index (χ0n) is 11.3. The number of aromatic carboxylic acids is 1. The highest BCUT2D eigenvalue weighted by Crippen LogP contribution is 2.24. The Morgan fingerprint density at radius 3 is 2.38 bits per heavy atom. The molecule has 0 unspecified atom stereocenters. The van der Waals surface area contributed by atoms with Gasteiger partial charge < -0.3 is 9.84 Å². The molecular formula is C16H13FO4. The standard InChI is InChI=1S/C16H13FO4/c1-10(18)12-7-13(16(19)20)15(8-14(12)17)21-9-11-5-3-2-4-6-11/h2-8H,9H2,1H3,(H,19,20). The van der Waals surface area contributed by atoms with Crippen molar-refractivity contribution in [3.05, 3.63) is 65.0 Å². The first-order valence-corrected chi connectivity index (χ1v) is 6.23. The number of carbonyl (C=O) groups is 2. The van der Waals surface area contributed by atoms with Gasteiger partial charge in [-0.1, -0.05) is 30.3 Å². The van der Waals surface area contributed by atoms with Crippen molar-refractivity contribution in [2.24, 2.45) is 0 Å². The second-order valence-electron chi connectivity index (χ2n) is 4.46. The lowest BCUT2D eigenvalue weighted by Crippen LogP contribution is -2.07. The van der Waals surface area contributed by atoms with Crippen molar-refractivity contribution in [3.63, 3.8) is 0 Å². The topological polar surface area (TPSA) is 63.6 Å². The van der Waals surface area contributed by atoms with Gasteiger partial charge in [-0.25, -0.2) is 9.18 Å². The van der Waals surface area contributed by atoms with E-state index < -0.39 is 17.6 Å². The van der Waals surface area contributed by atoms with E-state index in [0.29, 0.717) is 0 Å². The summed E-state index contributed by atoms with van der Waals surface area (Å²) in [5.74, 6) is -2.71. The van der Waals surface area contributed by atoms with Crippen LogP contribution in [0.15, 0.2) is 42.5 Å². The van der Waals surface area contributed by atoms with Crippen molar-refractivity contribution >= 4 is 11.8 Å². The van der Waals surface area contributed by atoms with Crippen LogP contribution in [0.4, 0.5) is 4.39 Å². The van der Waals surface area contributed by atoms with Crippen molar-refractivity contribution in [3.8, 4) is 5.75 Å². The maximum Gasteiger partial charge on any atom is 0.339 e. The Morgan fingerprint density at radius 2 is 1.81 bits per heavy atom. The average Bonchev–Trinajstić information content (AvgIpc) is 2.45. The molecule has 0 saturated carbocycles. The molecule has 0 aliphatic heterocycles. The molecule has 108 valence electrons. The molecule has 0 amide bonds. The van der Waals surface area contributed by atoms with Gasteiger partial charge in [0.05, 0.1) is 5.56 Å². The van der Waals surface area contributed by atoms with E-state index >= 15 is 0 Å². The zero-order valence-corrected chi connectivity index (χ0v) is 11.3.